The number of carbonyl (C=O) groups excluding carboxylic acids is 4. The molecule has 0 saturated carbocycles. The van der Waals surface area contributed by atoms with E-state index in [0.29, 0.717) is 44.0 Å². The number of aliphatic hydroxyl groups excluding tert-OH is 1. The van der Waals surface area contributed by atoms with Gasteiger partial charge in [-0.3, -0.25) is 19.2 Å². The topological polar surface area (TPSA) is 217 Å². The molecule has 5 N–H and O–H groups in total. The number of carboxylic acid groups (broad SMARTS) is 1. The highest BCUT2D eigenvalue weighted by Crippen LogP contribution is 2.53. The van der Waals surface area contributed by atoms with E-state index in [0.717, 1.165) is 0 Å². The maximum absolute atomic E-state index is 13.2. The van der Waals surface area contributed by atoms with Gasteiger partial charge in [-0.2, -0.15) is 0 Å². The molecule has 0 aromatic carbocycles. The maximum atomic E-state index is 13.2. The van der Waals surface area contributed by atoms with Gasteiger partial charge in [-0.05, 0) is 22.8 Å². The third-order valence-corrected chi connectivity index (χ3v) is 10.3. The molecule has 3 saturated heterocycles. The molecule has 0 spiro atoms. The minimum absolute atomic E-state index is 0.00215. The number of fused-ring (bicyclic) bond motifs is 1. The van der Waals surface area contributed by atoms with Gasteiger partial charge in [-0.15, -0.1) is 16.9 Å². The van der Waals surface area contributed by atoms with E-state index in [1.807, 2.05) is 13.8 Å². The summed E-state index contributed by atoms with van der Waals surface area (Å²) in [4.78, 5) is 68.9. The Kier molecular flexibility index (Phi) is 9.15. The van der Waals surface area contributed by atoms with E-state index in [4.69, 9.17) is 10.8 Å². The van der Waals surface area contributed by atoms with E-state index < -0.39 is 30.6 Å². The average molecular weight is 620 g/mol. The Morgan fingerprint density at radius 1 is 1.19 bits per heavy atom. The summed E-state index contributed by atoms with van der Waals surface area (Å²) in [5, 5.41) is 33.2. The standard InChI is InChI=1S/C26H37N9O7S/c1-13(7-15(37)10-34-12-29-30-31-34)19-20-14(2)22(21(26(41)42)35(20)25(19)40)43-16-8-18(28-9-16)24(39)33-5-3-32(4-6-33)23(38)17(27)11-36/h12-14,16-20,28,36H,3-11,27H2,1-2H3,(H,41,42)/t13-,14+,16-,17-,18-,19+,20+/m0/s1. The second-order valence-corrected chi connectivity index (χ2v) is 13.0. The fraction of sp³-hybridized carbons (Fsp3) is 0.692. The number of nitrogens with two attached hydrogens (primary N) is 1. The molecule has 4 aliphatic rings. The second kappa shape index (κ2) is 12.7. The zero-order valence-electron chi connectivity index (χ0n) is 24.0. The number of nitrogens with one attached hydrogen (secondary N) is 1. The Bertz CT molecular complexity index is 1300. The molecule has 3 fully saturated rings. The van der Waals surface area contributed by atoms with Crippen molar-refractivity contribution < 1.29 is 34.2 Å². The molecular formula is C26H37N9O7S. The first kappa shape index (κ1) is 31.0. The molecular weight excluding hydrogens is 582 g/mol. The molecule has 0 bridgehead atoms. The number of aliphatic carboxylic acids is 1. The number of hydrogen-bond donors (Lipinski definition) is 4. The van der Waals surface area contributed by atoms with Crippen LogP contribution in [0.25, 0.3) is 0 Å². The van der Waals surface area contributed by atoms with Gasteiger partial charge in [-0.25, -0.2) is 9.48 Å². The molecule has 234 valence electrons. The fourth-order valence-electron chi connectivity index (χ4n) is 6.59. The van der Waals surface area contributed by atoms with Gasteiger partial charge in [0.1, 0.15) is 24.6 Å². The Morgan fingerprint density at radius 2 is 1.88 bits per heavy atom. The van der Waals surface area contributed by atoms with Crippen molar-refractivity contribution in [3.63, 3.8) is 0 Å². The summed E-state index contributed by atoms with van der Waals surface area (Å²) in [7, 11) is 0. The number of carbonyl (C=O) groups is 5. The van der Waals surface area contributed by atoms with Crippen LogP contribution < -0.4 is 11.1 Å². The summed E-state index contributed by atoms with van der Waals surface area (Å²) in [5.74, 6) is -2.99. The van der Waals surface area contributed by atoms with Crippen LogP contribution in [-0.2, 0) is 30.5 Å². The van der Waals surface area contributed by atoms with Crippen LogP contribution in [0.4, 0.5) is 0 Å². The van der Waals surface area contributed by atoms with Crippen molar-refractivity contribution in [1.29, 1.82) is 0 Å². The van der Waals surface area contributed by atoms with Crippen molar-refractivity contribution in [1.82, 2.24) is 40.2 Å². The van der Waals surface area contributed by atoms with Crippen molar-refractivity contribution in [3.05, 3.63) is 16.9 Å². The summed E-state index contributed by atoms with van der Waals surface area (Å²) in [6, 6.07) is -1.75. The lowest BCUT2D eigenvalue weighted by Crippen LogP contribution is -2.62. The van der Waals surface area contributed by atoms with Crippen molar-refractivity contribution in [3.8, 4) is 0 Å². The lowest BCUT2D eigenvalue weighted by molar-refractivity contribution is -0.160. The third-order valence-electron chi connectivity index (χ3n) is 8.78. The summed E-state index contributed by atoms with van der Waals surface area (Å²) in [5.41, 5.74) is 5.63. The molecule has 1 aromatic heterocycles. The Labute approximate surface area is 252 Å². The second-order valence-electron chi connectivity index (χ2n) is 11.6. The van der Waals surface area contributed by atoms with Crippen molar-refractivity contribution in [2.24, 2.45) is 23.5 Å². The molecule has 0 aliphatic carbocycles. The van der Waals surface area contributed by atoms with Crippen LogP contribution in [0.15, 0.2) is 16.9 Å². The Hall–Kier alpha value is -3.41. The van der Waals surface area contributed by atoms with Crippen molar-refractivity contribution in [2.45, 2.75) is 56.6 Å². The van der Waals surface area contributed by atoms with E-state index >= 15 is 0 Å². The quantitative estimate of drug-likeness (QED) is 0.189. The lowest BCUT2D eigenvalue weighted by Gasteiger charge is -2.47. The number of aliphatic hydroxyl groups is 1. The van der Waals surface area contributed by atoms with E-state index in [1.54, 1.807) is 9.80 Å². The minimum atomic E-state index is -1.17. The van der Waals surface area contributed by atoms with Crippen LogP contribution in [0.3, 0.4) is 0 Å². The molecule has 17 heteroatoms. The highest BCUT2D eigenvalue weighted by molar-refractivity contribution is 8.03. The van der Waals surface area contributed by atoms with Crippen LogP contribution in [0.2, 0.25) is 0 Å². The first-order valence-electron chi connectivity index (χ1n) is 14.4. The number of amides is 3. The van der Waals surface area contributed by atoms with Crippen LogP contribution in [0.5, 0.6) is 0 Å². The summed E-state index contributed by atoms with van der Waals surface area (Å²) >= 11 is 1.41. The largest absolute Gasteiger partial charge is 0.477 e. The predicted octanol–water partition coefficient (Wildman–Crippen LogP) is -2.50. The van der Waals surface area contributed by atoms with Crippen LogP contribution in [0.1, 0.15) is 26.7 Å². The van der Waals surface area contributed by atoms with Gasteiger partial charge in [0.2, 0.25) is 17.7 Å². The van der Waals surface area contributed by atoms with Gasteiger partial charge in [0.05, 0.1) is 24.6 Å². The first-order chi connectivity index (χ1) is 20.5. The van der Waals surface area contributed by atoms with Gasteiger partial charge in [0.25, 0.3) is 0 Å². The molecule has 4 aliphatic heterocycles. The number of Topliss-reactive ketones (excluding diaryl/α,β-unsaturated/α-hetero) is 1. The highest BCUT2D eigenvalue weighted by Gasteiger charge is 2.60. The number of nitrogens with zero attached hydrogens (tertiary/aromatic N) is 7. The Balaban J connectivity index is 1.17. The summed E-state index contributed by atoms with van der Waals surface area (Å²) < 4.78 is 1.32. The number of piperazine rings is 1. The molecule has 43 heavy (non-hydrogen) atoms. The smallest absolute Gasteiger partial charge is 0.353 e. The molecule has 0 unspecified atom stereocenters. The van der Waals surface area contributed by atoms with E-state index in [1.165, 1.54) is 27.7 Å². The number of tetrazole rings is 1. The summed E-state index contributed by atoms with van der Waals surface area (Å²) in [6.07, 6.45) is 1.98. The minimum Gasteiger partial charge on any atom is -0.477 e. The SMILES string of the molecule is C[C@@H](CC(=O)Cn1cnnn1)[C@H]1C(=O)N2C(C(=O)O)=C(S[C@@H]3CN[C@H](C(=O)N4CCN(C(=O)[C@@H](N)CO)CC4)C3)[C@H](C)[C@H]12. The number of hydrogen-bond acceptors (Lipinski definition) is 12. The number of β-lactam (4-membered cyclic amide) rings is 1. The molecule has 5 rings (SSSR count). The lowest BCUT2D eigenvalue weighted by atomic mass is 9.73. The molecule has 1 aromatic rings. The normalized spacial score (nSPS) is 28.5. The van der Waals surface area contributed by atoms with Crippen molar-refractivity contribution >= 4 is 41.2 Å². The average Bonchev–Trinajstić information content (AvgIpc) is 3.72. The van der Waals surface area contributed by atoms with E-state index in [2.05, 4.69) is 20.8 Å². The monoisotopic (exact) mass is 619 g/mol. The highest BCUT2D eigenvalue weighted by atomic mass is 32.2. The predicted molar refractivity (Wildman–Crippen MR) is 151 cm³/mol. The number of thioether (sulfide) groups is 1. The third kappa shape index (κ3) is 6.03. The van der Waals surface area contributed by atoms with Gasteiger partial charge in [-0.1, -0.05) is 13.8 Å². The summed E-state index contributed by atoms with van der Waals surface area (Å²) in [6.45, 7) is 5.22. The molecule has 16 nitrogen and oxygen atoms in total. The van der Waals surface area contributed by atoms with E-state index in [9.17, 15) is 29.1 Å². The molecule has 0 radical (unpaired) electrons. The van der Waals surface area contributed by atoms with Gasteiger partial charge < -0.3 is 36.0 Å². The number of aromatic nitrogens is 4. The van der Waals surface area contributed by atoms with Crippen LogP contribution >= 0.6 is 11.8 Å². The van der Waals surface area contributed by atoms with Crippen LogP contribution in [0, 0.1) is 17.8 Å². The number of carboxylic acids is 1. The molecule has 3 amide bonds. The molecule has 7 atom stereocenters. The van der Waals surface area contributed by atoms with Crippen LogP contribution in [-0.4, -0.2) is 137 Å². The first-order valence-corrected chi connectivity index (χ1v) is 15.3. The number of rotatable bonds is 11. The van der Waals surface area contributed by atoms with Crippen molar-refractivity contribution in [2.75, 3.05) is 39.3 Å². The van der Waals surface area contributed by atoms with E-state index in [-0.39, 0.29) is 65.3 Å². The number of ketones is 1. The molecule has 5 heterocycles. The van der Waals surface area contributed by atoms with Gasteiger partial charge in [0, 0.05) is 55.2 Å². The maximum Gasteiger partial charge on any atom is 0.353 e. The van der Waals surface area contributed by atoms with Gasteiger partial charge >= 0.3 is 5.97 Å². The zero-order valence-corrected chi connectivity index (χ0v) is 24.9. The fourth-order valence-corrected chi connectivity index (χ4v) is 8.07. The Morgan fingerprint density at radius 3 is 2.51 bits per heavy atom. The van der Waals surface area contributed by atoms with Gasteiger partial charge in [0.15, 0.2) is 5.78 Å². The zero-order chi connectivity index (χ0) is 31.0.